The Morgan fingerprint density at radius 3 is 2.26 bits per heavy atom. The normalized spacial score (nSPS) is 12.4. The van der Waals surface area contributed by atoms with Gasteiger partial charge in [-0.05, 0) is 62.1 Å². The van der Waals surface area contributed by atoms with Gasteiger partial charge in [-0.15, -0.1) is 0 Å². The number of anilines is 1. The van der Waals surface area contributed by atoms with E-state index in [1.165, 1.54) is 11.1 Å². The predicted octanol–water partition coefficient (Wildman–Crippen LogP) is 3.06. The molecule has 0 aliphatic heterocycles. The van der Waals surface area contributed by atoms with E-state index in [2.05, 4.69) is 22.0 Å². The first-order chi connectivity index (χ1) is 12.6. The highest BCUT2D eigenvalue weighted by Crippen LogP contribution is 2.14. The fraction of sp³-hybridized carbons (Fsp3) is 0.350. The Kier molecular flexibility index (Phi) is 6.98. The molecule has 2 rings (SSSR count). The number of hydrogen-bond donors (Lipinski definition) is 3. The lowest BCUT2D eigenvalue weighted by molar-refractivity contribution is 0.569. The number of sulfonamides is 1. The molecule has 7 heteroatoms. The van der Waals surface area contributed by atoms with E-state index in [0.29, 0.717) is 12.5 Å². The van der Waals surface area contributed by atoms with Crippen molar-refractivity contribution >= 4 is 21.7 Å². The summed E-state index contributed by atoms with van der Waals surface area (Å²) in [5, 5.41) is 3.08. The van der Waals surface area contributed by atoms with Crippen LogP contribution in [-0.2, 0) is 22.3 Å². The molecule has 146 valence electrons. The largest absolute Gasteiger partial charge is 0.370 e. The number of benzene rings is 2. The number of nitrogens with one attached hydrogen (secondary N) is 2. The molecule has 2 aromatic carbocycles. The van der Waals surface area contributed by atoms with Crippen LogP contribution in [0, 0.1) is 13.8 Å². The summed E-state index contributed by atoms with van der Waals surface area (Å²) in [7, 11) is -3.32. The number of nitrogens with two attached hydrogens (primary N) is 1. The molecule has 0 amide bonds. The molecule has 0 saturated carbocycles. The van der Waals surface area contributed by atoms with Crippen molar-refractivity contribution in [2.75, 3.05) is 5.32 Å². The molecular formula is C20H28N4O2S. The topological polar surface area (TPSA) is 96.6 Å². The summed E-state index contributed by atoms with van der Waals surface area (Å²) >= 11 is 0. The summed E-state index contributed by atoms with van der Waals surface area (Å²) in [6, 6.07) is 13.3. The van der Waals surface area contributed by atoms with Crippen LogP contribution in [-0.4, -0.2) is 20.4 Å². The maximum absolute atomic E-state index is 12.0. The minimum absolute atomic E-state index is 0.0365. The van der Waals surface area contributed by atoms with Crippen molar-refractivity contribution in [2.24, 2.45) is 10.7 Å². The fourth-order valence-electron chi connectivity index (χ4n) is 2.54. The Bertz CT molecular complexity index is 904. The summed E-state index contributed by atoms with van der Waals surface area (Å²) in [5.74, 6) is 0.302. The molecule has 0 heterocycles. The standard InChI is InChI=1S/C20H28N4O2S/c1-14(2)24-27(25,26)13-18-8-6-17(7-9-18)12-22-20(21)23-19-10-5-15(3)16(4)11-19/h5-11,14,24H,12-13H2,1-4H3,(H3,21,22,23). The van der Waals surface area contributed by atoms with Crippen molar-refractivity contribution in [3.8, 4) is 0 Å². The van der Waals surface area contributed by atoms with Crippen molar-refractivity contribution in [3.63, 3.8) is 0 Å². The molecule has 0 aliphatic carbocycles. The second-order valence-corrected chi connectivity index (χ2v) is 8.73. The first-order valence-electron chi connectivity index (χ1n) is 8.86. The number of aryl methyl sites for hydroxylation is 2. The van der Waals surface area contributed by atoms with Crippen LogP contribution < -0.4 is 15.8 Å². The quantitative estimate of drug-likeness (QED) is 0.502. The molecule has 6 nitrogen and oxygen atoms in total. The van der Waals surface area contributed by atoms with Crippen LogP contribution in [0.15, 0.2) is 47.5 Å². The average Bonchev–Trinajstić information content (AvgIpc) is 2.56. The van der Waals surface area contributed by atoms with E-state index >= 15 is 0 Å². The maximum atomic E-state index is 12.0. The van der Waals surface area contributed by atoms with Gasteiger partial charge in [-0.25, -0.2) is 18.1 Å². The molecule has 0 spiro atoms. The van der Waals surface area contributed by atoms with E-state index in [-0.39, 0.29) is 11.8 Å². The maximum Gasteiger partial charge on any atom is 0.216 e. The predicted molar refractivity (Wildman–Crippen MR) is 112 cm³/mol. The van der Waals surface area contributed by atoms with Gasteiger partial charge in [-0.3, -0.25) is 0 Å². The molecule has 0 unspecified atom stereocenters. The zero-order valence-corrected chi connectivity index (χ0v) is 17.1. The van der Waals surface area contributed by atoms with Gasteiger partial charge in [-0.1, -0.05) is 30.3 Å². The third-order valence-corrected chi connectivity index (χ3v) is 5.55. The Balaban J connectivity index is 1.95. The zero-order valence-electron chi connectivity index (χ0n) is 16.3. The first-order valence-corrected chi connectivity index (χ1v) is 10.5. The van der Waals surface area contributed by atoms with Crippen LogP contribution in [0.25, 0.3) is 0 Å². The van der Waals surface area contributed by atoms with Crippen LogP contribution in [0.2, 0.25) is 0 Å². The van der Waals surface area contributed by atoms with Gasteiger partial charge in [0.05, 0.1) is 12.3 Å². The number of aliphatic imine (C=N–C) groups is 1. The van der Waals surface area contributed by atoms with Crippen molar-refractivity contribution in [1.82, 2.24) is 4.72 Å². The van der Waals surface area contributed by atoms with E-state index in [1.54, 1.807) is 26.0 Å². The van der Waals surface area contributed by atoms with Crippen LogP contribution in [0.4, 0.5) is 5.69 Å². The van der Waals surface area contributed by atoms with Gasteiger partial charge in [0.2, 0.25) is 10.0 Å². The number of rotatable bonds is 7. The first kappa shape index (κ1) is 20.9. The van der Waals surface area contributed by atoms with Gasteiger partial charge in [0.15, 0.2) is 5.96 Å². The fourth-order valence-corrected chi connectivity index (χ4v) is 3.98. The van der Waals surface area contributed by atoms with Crippen molar-refractivity contribution in [1.29, 1.82) is 0 Å². The van der Waals surface area contributed by atoms with Gasteiger partial charge >= 0.3 is 0 Å². The van der Waals surface area contributed by atoms with Crippen molar-refractivity contribution in [3.05, 3.63) is 64.7 Å². The molecular weight excluding hydrogens is 360 g/mol. The van der Waals surface area contributed by atoms with E-state index in [0.717, 1.165) is 16.8 Å². The molecule has 0 aliphatic rings. The monoisotopic (exact) mass is 388 g/mol. The van der Waals surface area contributed by atoms with E-state index in [4.69, 9.17) is 5.73 Å². The lowest BCUT2D eigenvalue weighted by atomic mass is 10.1. The molecule has 2 aromatic rings. The van der Waals surface area contributed by atoms with Crippen molar-refractivity contribution < 1.29 is 8.42 Å². The average molecular weight is 389 g/mol. The summed E-state index contributed by atoms with van der Waals surface area (Å²) in [4.78, 5) is 4.34. The third-order valence-electron chi connectivity index (χ3n) is 4.01. The SMILES string of the molecule is Cc1ccc(NC(N)=NCc2ccc(CS(=O)(=O)NC(C)C)cc2)cc1C. The lowest BCUT2D eigenvalue weighted by Gasteiger charge is -2.10. The van der Waals surface area contributed by atoms with E-state index in [9.17, 15) is 8.42 Å². The Labute approximate surface area is 162 Å². The highest BCUT2D eigenvalue weighted by molar-refractivity contribution is 7.88. The molecule has 0 radical (unpaired) electrons. The van der Waals surface area contributed by atoms with Crippen molar-refractivity contribution in [2.45, 2.75) is 46.0 Å². The van der Waals surface area contributed by atoms with Crippen LogP contribution >= 0.6 is 0 Å². The van der Waals surface area contributed by atoms with E-state index < -0.39 is 10.0 Å². The summed E-state index contributed by atoms with van der Waals surface area (Å²) in [5.41, 5.74) is 11.0. The van der Waals surface area contributed by atoms with Crippen LogP contribution in [0.5, 0.6) is 0 Å². The number of guanidine groups is 1. The van der Waals surface area contributed by atoms with Gasteiger partial charge in [0.25, 0.3) is 0 Å². The zero-order chi connectivity index (χ0) is 20.0. The van der Waals surface area contributed by atoms with E-state index in [1.807, 2.05) is 37.3 Å². The third kappa shape index (κ3) is 7.03. The highest BCUT2D eigenvalue weighted by Gasteiger charge is 2.12. The second kappa shape index (κ2) is 9.01. The summed E-state index contributed by atoms with van der Waals surface area (Å²) in [6.45, 7) is 8.13. The smallest absolute Gasteiger partial charge is 0.216 e. The van der Waals surface area contributed by atoms with Gasteiger partial charge < -0.3 is 11.1 Å². The molecule has 4 N–H and O–H groups in total. The lowest BCUT2D eigenvalue weighted by Crippen LogP contribution is -2.31. The minimum atomic E-state index is -3.32. The molecule has 0 bridgehead atoms. The second-order valence-electron chi connectivity index (χ2n) is 6.97. The Morgan fingerprint density at radius 2 is 1.67 bits per heavy atom. The van der Waals surface area contributed by atoms with Crippen LogP contribution in [0.3, 0.4) is 0 Å². The van der Waals surface area contributed by atoms with Gasteiger partial charge in [0.1, 0.15) is 0 Å². The minimum Gasteiger partial charge on any atom is -0.370 e. The molecule has 27 heavy (non-hydrogen) atoms. The summed E-state index contributed by atoms with van der Waals surface area (Å²) < 4.78 is 26.5. The Hall–Kier alpha value is -2.38. The van der Waals surface area contributed by atoms with Gasteiger partial charge in [0, 0.05) is 11.7 Å². The Morgan fingerprint density at radius 1 is 1.04 bits per heavy atom. The molecule has 0 aromatic heterocycles. The number of nitrogens with zero attached hydrogens (tertiary/aromatic N) is 1. The molecule has 0 fully saturated rings. The van der Waals surface area contributed by atoms with Gasteiger partial charge in [-0.2, -0.15) is 0 Å². The number of hydrogen-bond acceptors (Lipinski definition) is 3. The molecule has 0 atom stereocenters. The summed E-state index contributed by atoms with van der Waals surface area (Å²) in [6.07, 6.45) is 0. The van der Waals surface area contributed by atoms with Crippen LogP contribution in [0.1, 0.15) is 36.1 Å². The highest BCUT2D eigenvalue weighted by atomic mass is 32.2. The molecule has 0 saturated heterocycles.